The zero-order valence-corrected chi connectivity index (χ0v) is 16.9. The van der Waals surface area contributed by atoms with E-state index in [4.69, 9.17) is 4.74 Å². The lowest BCUT2D eigenvalue weighted by atomic mass is 10.1. The summed E-state index contributed by atoms with van der Waals surface area (Å²) in [6, 6.07) is 15.9. The summed E-state index contributed by atoms with van der Waals surface area (Å²) < 4.78 is 6.39. The number of hydrogen-bond acceptors (Lipinski definition) is 5. The van der Waals surface area contributed by atoms with Crippen molar-refractivity contribution in [3.8, 4) is 0 Å². The Morgan fingerprint density at radius 2 is 1.78 bits per heavy atom. The molecule has 0 unspecified atom stereocenters. The van der Waals surface area contributed by atoms with E-state index >= 15 is 0 Å². The van der Waals surface area contributed by atoms with Gasteiger partial charge in [0.25, 0.3) is 5.91 Å². The Bertz CT molecular complexity index is 888. The van der Waals surface area contributed by atoms with E-state index in [1.807, 2.05) is 42.5 Å². The molecule has 4 rings (SSSR count). The van der Waals surface area contributed by atoms with E-state index in [0.29, 0.717) is 10.1 Å². The number of aliphatic imine (C=N–C) groups is 1. The minimum Gasteiger partial charge on any atom is -0.378 e. The van der Waals surface area contributed by atoms with E-state index in [1.54, 1.807) is 0 Å². The molecule has 7 heteroatoms. The van der Waals surface area contributed by atoms with E-state index in [-0.39, 0.29) is 5.91 Å². The second-order valence-corrected chi connectivity index (χ2v) is 8.10. The maximum atomic E-state index is 12.2. The molecule has 2 aromatic carbocycles. The SMILES string of the molecule is O=C1NC(=Nc2ccc(Br)cc2)S/C1=C\c1ccc(N2CCOCC2)cc1. The summed E-state index contributed by atoms with van der Waals surface area (Å²) in [6.07, 6.45) is 1.90. The number of carbonyl (C=O) groups excluding carboxylic acids is 1. The zero-order chi connectivity index (χ0) is 18.6. The van der Waals surface area contributed by atoms with Crippen LogP contribution in [0.3, 0.4) is 0 Å². The predicted molar refractivity (Wildman–Crippen MR) is 114 cm³/mol. The average molecular weight is 444 g/mol. The van der Waals surface area contributed by atoms with Crippen molar-refractivity contribution in [1.82, 2.24) is 5.32 Å². The normalized spacial score (nSPS) is 20.3. The number of amides is 1. The lowest BCUT2D eigenvalue weighted by Gasteiger charge is -2.28. The van der Waals surface area contributed by atoms with Crippen LogP contribution in [0.1, 0.15) is 5.56 Å². The third kappa shape index (κ3) is 4.61. The first-order valence-corrected chi connectivity index (χ1v) is 10.3. The number of ether oxygens (including phenoxy) is 1. The van der Waals surface area contributed by atoms with Gasteiger partial charge in [-0.25, -0.2) is 4.99 Å². The predicted octanol–water partition coefficient (Wildman–Crippen LogP) is 4.18. The van der Waals surface area contributed by atoms with Gasteiger partial charge in [0, 0.05) is 23.2 Å². The van der Waals surface area contributed by atoms with Gasteiger partial charge in [-0.05, 0) is 59.8 Å². The van der Waals surface area contributed by atoms with Crippen molar-refractivity contribution < 1.29 is 9.53 Å². The van der Waals surface area contributed by atoms with Crippen LogP contribution in [0.5, 0.6) is 0 Å². The summed E-state index contributed by atoms with van der Waals surface area (Å²) in [7, 11) is 0. The maximum absolute atomic E-state index is 12.2. The van der Waals surface area contributed by atoms with Crippen LogP contribution in [-0.4, -0.2) is 37.4 Å². The largest absolute Gasteiger partial charge is 0.378 e. The van der Waals surface area contributed by atoms with E-state index in [1.165, 1.54) is 17.4 Å². The molecule has 27 heavy (non-hydrogen) atoms. The molecule has 2 aliphatic heterocycles. The number of anilines is 1. The van der Waals surface area contributed by atoms with Crippen LogP contribution in [0, 0.1) is 0 Å². The molecule has 0 aromatic heterocycles. The van der Waals surface area contributed by atoms with E-state index in [9.17, 15) is 4.79 Å². The first-order valence-electron chi connectivity index (χ1n) is 8.65. The van der Waals surface area contributed by atoms with Gasteiger partial charge >= 0.3 is 0 Å². The third-order valence-electron chi connectivity index (χ3n) is 4.28. The number of carbonyl (C=O) groups is 1. The van der Waals surface area contributed by atoms with Crippen LogP contribution in [0.25, 0.3) is 6.08 Å². The van der Waals surface area contributed by atoms with Crippen LogP contribution in [0.2, 0.25) is 0 Å². The molecule has 0 aliphatic carbocycles. The highest BCUT2D eigenvalue weighted by Crippen LogP contribution is 2.29. The first-order chi connectivity index (χ1) is 13.2. The van der Waals surface area contributed by atoms with E-state index in [2.05, 4.69) is 43.3 Å². The van der Waals surface area contributed by atoms with Crippen LogP contribution in [-0.2, 0) is 9.53 Å². The van der Waals surface area contributed by atoms with Crippen LogP contribution >= 0.6 is 27.7 Å². The van der Waals surface area contributed by atoms with Gasteiger partial charge in [-0.15, -0.1) is 0 Å². The third-order valence-corrected chi connectivity index (χ3v) is 5.71. The average Bonchev–Trinajstić information content (AvgIpc) is 3.04. The van der Waals surface area contributed by atoms with Crippen LogP contribution in [0.4, 0.5) is 11.4 Å². The Morgan fingerprint density at radius 3 is 2.48 bits per heavy atom. The molecule has 2 aromatic rings. The summed E-state index contributed by atoms with van der Waals surface area (Å²) in [5.74, 6) is -0.117. The van der Waals surface area contributed by atoms with Gasteiger partial charge in [0.2, 0.25) is 0 Å². The second-order valence-electron chi connectivity index (χ2n) is 6.15. The van der Waals surface area contributed by atoms with Gasteiger partial charge in [0.1, 0.15) is 0 Å². The standard InChI is InChI=1S/C20H18BrN3O2S/c21-15-3-5-16(6-4-15)22-20-23-19(25)18(27-20)13-14-1-7-17(8-2-14)24-9-11-26-12-10-24/h1-8,13H,9-12H2,(H,22,23,25)/b18-13-. The number of thioether (sulfide) groups is 1. The van der Waals surface area contributed by atoms with Crippen molar-refractivity contribution in [2.75, 3.05) is 31.2 Å². The van der Waals surface area contributed by atoms with Crippen molar-refractivity contribution in [3.05, 3.63) is 63.5 Å². The number of nitrogens with zero attached hydrogens (tertiary/aromatic N) is 2. The molecule has 1 N–H and O–H groups in total. The second kappa shape index (κ2) is 8.29. The number of benzene rings is 2. The first kappa shape index (κ1) is 18.3. The van der Waals surface area contributed by atoms with Gasteiger partial charge in [-0.2, -0.15) is 0 Å². The lowest BCUT2D eigenvalue weighted by molar-refractivity contribution is -0.115. The molecule has 2 aliphatic rings. The minimum atomic E-state index is -0.117. The van der Waals surface area contributed by atoms with Crippen LogP contribution < -0.4 is 10.2 Å². The van der Waals surface area contributed by atoms with Gasteiger partial charge in [-0.3, -0.25) is 4.79 Å². The van der Waals surface area contributed by atoms with Crippen molar-refractivity contribution in [1.29, 1.82) is 0 Å². The Morgan fingerprint density at radius 1 is 1.07 bits per heavy atom. The van der Waals surface area contributed by atoms with Crippen molar-refractivity contribution in [2.45, 2.75) is 0 Å². The van der Waals surface area contributed by atoms with Crippen molar-refractivity contribution in [2.24, 2.45) is 4.99 Å². The topological polar surface area (TPSA) is 53.9 Å². The van der Waals surface area contributed by atoms with E-state index < -0.39 is 0 Å². The van der Waals surface area contributed by atoms with Crippen molar-refractivity contribution >= 4 is 56.2 Å². The Kier molecular flexibility index (Phi) is 5.61. The Labute approximate surface area is 170 Å². The number of halogens is 1. The zero-order valence-electron chi connectivity index (χ0n) is 14.5. The van der Waals surface area contributed by atoms with Crippen molar-refractivity contribution in [3.63, 3.8) is 0 Å². The summed E-state index contributed by atoms with van der Waals surface area (Å²) in [5.41, 5.74) is 2.98. The fourth-order valence-electron chi connectivity index (χ4n) is 2.87. The molecule has 1 amide bonds. The summed E-state index contributed by atoms with van der Waals surface area (Å²) in [4.78, 5) is 19.7. The lowest BCUT2D eigenvalue weighted by Crippen LogP contribution is -2.36. The number of morpholine rings is 1. The highest BCUT2D eigenvalue weighted by atomic mass is 79.9. The maximum Gasteiger partial charge on any atom is 0.264 e. The molecule has 5 nitrogen and oxygen atoms in total. The number of hydrogen-bond donors (Lipinski definition) is 1. The monoisotopic (exact) mass is 443 g/mol. The number of amidine groups is 1. The van der Waals surface area contributed by atoms with Gasteiger partial charge in [0.15, 0.2) is 5.17 Å². The molecule has 0 radical (unpaired) electrons. The van der Waals surface area contributed by atoms with Crippen LogP contribution in [0.15, 0.2) is 62.9 Å². The molecular weight excluding hydrogens is 426 g/mol. The molecule has 2 heterocycles. The fraction of sp³-hybridized carbons (Fsp3) is 0.200. The fourth-order valence-corrected chi connectivity index (χ4v) is 3.97. The smallest absolute Gasteiger partial charge is 0.264 e. The number of rotatable bonds is 3. The highest BCUT2D eigenvalue weighted by molar-refractivity contribution is 9.10. The van der Waals surface area contributed by atoms with Gasteiger partial charge in [0.05, 0.1) is 23.8 Å². The summed E-state index contributed by atoms with van der Waals surface area (Å²) in [5, 5.41) is 3.42. The molecule has 0 atom stereocenters. The quantitative estimate of drug-likeness (QED) is 0.722. The molecule has 0 bridgehead atoms. The molecule has 138 valence electrons. The number of nitrogens with one attached hydrogen (secondary N) is 1. The molecule has 0 saturated carbocycles. The minimum absolute atomic E-state index is 0.117. The van der Waals surface area contributed by atoms with Gasteiger partial charge < -0.3 is 15.0 Å². The highest BCUT2D eigenvalue weighted by Gasteiger charge is 2.23. The Hall–Kier alpha value is -2.09. The molecule has 2 fully saturated rings. The summed E-state index contributed by atoms with van der Waals surface area (Å²) >= 11 is 4.76. The summed E-state index contributed by atoms with van der Waals surface area (Å²) in [6.45, 7) is 3.36. The van der Waals surface area contributed by atoms with E-state index in [0.717, 1.165) is 42.0 Å². The Balaban J connectivity index is 1.47. The molecular formula is C20H18BrN3O2S. The van der Waals surface area contributed by atoms with Gasteiger partial charge in [-0.1, -0.05) is 28.1 Å². The molecule has 2 saturated heterocycles. The molecule has 0 spiro atoms.